The van der Waals surface area contributed by atoms with Crippen molar-refractivity contribution >= 4 is 11.4 Å². The third-order valence-corrected chi connectivity index (χ3v) is 4.75. The van der Waals surface area contributed by atoms with E-state index in [4.69, 9.17) is 4.99 Å². The van der Waals surface area contributed by atoms with E-state index in [1.54, 1.807) is 0 Å². The van der Waals surface area contributed by atoms with Crippen LogP contribution < -0.4 is 0 Å². The van der Waals surface area contributed by atoms with Gasteiger partial charge in [0.15, 0.2) is 0 Å². The monoisotopic (exact) mass is 325 g/mol. The van der Waals surface area contributed by atoms with Crippen LogP contribution in [0.15, 0.2) is 46.5 Å². The summed E-state index contributed by atoms with van der Waals surface area (Å²) in [6, 6.07) is 6.43. The van der Waals surface area contributed by atoms with Gasteiger partial charge in [0.05, 0.1) is 11.4 Å². The average molecular weight is 325 g/mol. The molecule has 1 unspecified atom stereocenters. The summed E-state index contributed by atoms with van der Waals surface area (Å²) >= 11 is 0. The van der Waals surface area contributed by atoms with Crippen molar-refractivity contribution in [2.75, 3.05) is 0 Å². The summed E-state index contributed by atoms with van der Waals surface area (Å²) < 4.78 is 0. The molecule has 1 aliphatic rings. The van der Waals surface area contributed by atoms with E-state index < -0.39 is 6.10 Å². The number of allylic oxidation sites excluding steroid dienone is 2. The molecular weight excluding hydrogens is 294 g/mol. The van der Waals surface area contributed by atoms with Gasteiger partial charge in [-0.2, -0.15) is 0 Å². The predicted molar refractivity (Wildman–Crippen MR) is 104 cm³/mol. The quantitative estimate of drug-likeness (QED) is 0.733. The fourth-order valence-electron chi connectivity index (χ4n) is 3.32. The molecule has 0 aliphatic heterocycles. The van der Waals surface area contributed by atoms with Crippen molar-refractivity contribution in [3.05, 3.63) is 52.6 Å². The Morgan fingerprint density at radius 3 is 1.92 bits per heavy atom. The van der Waals surface area contributed by atoms with Crippen LogP contribution in [0.1, 0.15) is 71.4 Å². The van der Waals surface area contributed by atoms with E-state index in [0.717, 1.165) is 17.0 Å². The van der Waals surface area contributed by atoms with E-state index in [9.17, 15) is 5.11 Å². The molecule has 2 rings (SSSR count). The Balaban J connectivity index is 2.68. The van der Waals surface area contributed by atoms with Gasteiger partial charge in [-0.3, -0.25) is 0 Å². The van der Waals surface area contributed by atoms with E-state index in [0.29, 0.717) is 17.8 Å². The third kappa shape index (κ3) is 3.70. The molecule has 1 N–H and O–H groups in total. The van der Waals surface area contributed by atoms with Crippen molar-refractivity contribution in [2.45, 2.75) is 66.4 Å². The Morgan fingerprint density at radius 2 is 1.46 bits per heavy atom. The predicted octanol–water partition coefficient (Wildman–Crippen LogP) is 5.91. The summed E-state index contributed by atoms with van der Waals surface area (Å²) in [6.07, 6.45) is 3.27. The zero-order valence-corrected chi connectivity index (χ0v) is 16.1. The highest BCUT2D eigenvalue weighted by Crippen LogP contribution is 2.36. The van der Waals surface area contributed by atoms with E-state index >= 15 is 0 Å². The molecule has 0 saturated carbocycles. The SMILES string of the molecule is CC1=C(C(C)C)C=CC(O)C1=Nc1c(C(C)C)cccc1C(C)C. The van der Waals surface area contributed by atoms with E-state index in [1.807, 2.05) is 12.2 Å². The number of rotatable bonds is 4. The Bertz CT molecular complexity index is 664. The van der Waals surface area contributed by atoms with Gasteiger partial charge in [-0.1, -0.05) is 65.8 Å². The Labute approximate surface area is 147 Å². The summed E-state index contributed by atoms with van der Waals surface area (Å²) in [7, 11) is 0. The maximum Gasteiger partial charge on any atom is 0.115 e. The van der Waals surface area contributed by atoms with Gasteiger partial charge in [-0.05, 0) is 53.0 Å². The molecule has 24 heavy (non-hydrogen) atoms. The lowest BCUT2D eigenvalue weighted by atomic mass is 9.88. The second kappa shape index (κ2) is 7.48. The summed E-state index contributed by atoms with van der Waals surface area (Å²) in [5, 5.41) is 10.5. The lowest BCUT2D eigenvalue weighted by Gasteiger charge is -2.23. The van der Waals surface area contributed by atoms with Crippen LogP contribution in [-0.2, 0) is 0 Å². The lowest BCUT2D eigenvalue weighted by Crippen LogP contribution is -2.24. The highest BCUT2D eigenvalue weighted by Gasteiger charge is 2.22. The molecule has 2 nitrogen and oxygen atoms in total. The van der Waals surface area contributed by atoms with Crippen molar-refractivity contribution in [2.24, 2.45) is 10.9 Å². The summed E-state index contributed by atoms with van der Waals surface area (Å²) in [5.74, 6) is 1.21. The molecular formula is C22H31NO. The largest absolute Gasteiger partial charge is 0.383 e. The van der Waals surface area contributed by atoms with Gasteiger partial charge in [0.25, 0.3) is 0 Å². The highest BCUT2D eigenvalue weighted by molar-refractivity contribution is 6.07. The molecule has 0 spiro atoms. The maximum absolute atomic E-state index is 10.5. The third-order valence-electron chi connectivity index (χ3n) is 4.75. The van der Waals surface area contributed by atoms with Crippen molar-refractivity contribution in [3.8, 4) is 0 Å². The average Bonchev–Trinajstić information content (AvgIpc) is 2.50. The topological polar surface area (TPSA) is 32.6 Å². The van der Waals surface area contributed by atoms with Crippen LogP contribution >= 0.6 is 0 Å². The molecule has 0 fully saturated rings. The van der Waals surface area contributed by atoms with Crippen LogP contribution in [0.2, 0.25) is 0 Å². The molecule has 0 heterocycles. The van der Waals surface area contributed by atoms with Gasteiger partial charge < -0.3 is 5.11 Å². The number of benzene rings is 1. The lowest BCUT2D eigenvalue weighted by molar-refractivity contribution is 0.288. The number of hydrogen-bond donors (Lipinski definition) is 1. The maximum atomic E-state index is 10.5. The standard InChI is InChI=1S/C22H31NO/c1-13(2)17-11-12-20(24)21(16(17)7)23-22-18(14(3)4)9-8-10-19(22)15(5)6/h8-15,20,24H,1-7H3. The zero-order valence-electron chi connectivity index (χ0n) is 16.1. The minimum Gasteiger partial charge on any atom is -0.383 e. The summed E-state index contributed by atoms with van der Waals surface area (Å²) in [5.41, 5.74) is 6.68. The molecule has 1 aromatic carbocycles. The molecule has 1 atom stereocenters. The molecule has 2 heteroatoms. The van der Waals surface area contributed by atoms with Crippen LogP contribution in [0.4, 0.5) is 5.69 Å². The number of aliphatic hydroxyl groups excluding tert-OH is 1. The van der Waals surface area contributed by atoms with Gasteiger partial charge in [0.1, 0.15) is 6.10 Å². The summed E-state index contributed by atoms with van der Waals surface area (Å²) in [4.78, 5) is 5.01. The molecule has 1 aliphatic carbocycles. The Kier molecular flexibility index (Phi) is 5.82. The number of aliphatic imine (C=N–C) groups is 1. The minimum absolute atomic E-state index is 0.396. The first-order chi connectivity index (χ1) is 11.2. The molecule has 0 aromatic heterocycles. The molecule has 1 aromatic rings. The van der Waals surface area contributed by atoms with Crippen LogP contribution in [-0.4, -0.2) is 16.9 Å². The smallest absolute Gasteiger partial charge is 0.115 e. The van der Waals surface area contributed by atoms with Crippen LogP contribution in [0.25, 0.3) is 0 Å². The van der Waals surface area contributed by atoms with Crippen molar-refractivity contribution in [3.63, 3.8) is 0 Å². The van der Waals surface area contributed by atoms with Gasteiger partial charge in [-0.15, -0.1) is 0 Å². The molecule has 0 amide bonds. The molecule has 0 saturated heterocycles. The van der Waals surface area contributed by atoms with Crippen molar-refractivity contribution in [1.82, 2.24) is 0 Å². The van der Waals surface area contributed by atoms with E-state index in [-0.39, 0.29) is 0 Å². The minimum atomic E-state index is -0.632. The van der Waals surface area contributed by atoms with E-state index in [1.165, 1.54) is 16.7 Å². The summed E-state index contributed by atoms with van der Waals surface area (Å²) in [6.45, 7) is 15.2. The van der Waals surface area contributed by atoms with Crippen molar-refractivity contribution < 1.29 is 5.11 Å². The Morgan fingerprint density at radius 1 is 0.917 bits per heavy atom. The first kappa shape index (κ1) is 18.7. The van der Waals surface area contributed by atoms with Gasteiger partial charge in [0.2, 0.25) is 0 Å². The number of hydrogen-bond acceptors (Lipinski definition) is 2. The first-order valence-electron chi connectivity index (χ1n) is 9.02. The van der Waals surface area contributed by atoms with Gasteiger partial charge >= 0.3 is 0 Å². The van der Waals surface area contributed by atoms with Crippen LogP contribution in [0, 0.1) is 5.92 Å². The molecule has 0 bridgehead atoms. The highest BCUT2D eigenvalue weighted by atomic mass is 16.3. The molecule has 130 valence electrons. The van der Waals surface area contributed by atoms with Crippen LogP contribution in [0.5, 0.6) is 0 Å². The second-order valence-electron chi connectivity index (χ2n) is 7.63. The van der Waals surface area contributed by atoms with E-state index in [2.05, 4.69) is 66.7 Å². The zero-order chi connectivity index (χ0) is 18.0. The fourth-order valence-corrected chi connectivity index (χ4v) is 3.32. The van der Waals surface area contributed by atoms with Gasteiger partial charge in [0, 0.05) is 0 Å². The van der Waals surface area contributed by atoms with Crippen LogP contribution in [0.3, 0.4) is 0 Å². The number of nitrogens with zero attached hydrogens (tertiary/aromatic N) is 1. The van der Waals surface area contributed by atoms with Gasteiger partial charge in [-0.25, -0.2) is 4.99 Å². The number of aliphatic hydroxyl groups is 1. The number of para-hydroxylation sites is 1. The normalized spacial score (nSPS) is 20.1. The molecule has 0 radical (unpaired) electrons. The first-order valence-corrected chi connectivity index (χ1v) is 9.02. The second-order valence-corrected chi connectivity index (χ2v) is 7.63. The Hall–Kier alpha value is -1.67. The fraction of sp³-hybridized carbons (Fsp3) is 0.500. The van der Waals surface area contributed by atoms with Crippen molar-refractivity contribution in [1.29, 1.82) is 0 Å².